The summed E-state index contributed by atoms with van der Waals surface area (Å²) in [5.74, 6) is -1.70. The third-order valence-corrected chi connectivity index (χ3v) is 3.24. The summed E-state index contributed by atoms with van der Waals surface area (Å²) in [4.78, 5) is 27.1. The average Bonchev–Trinajstić information content (AvgIpc) is 2.47. The Kier molecular flexibility index (Phi) is 7.35. The van der Waals surface area contributed by atoms with Crippen LogP contribution < -0.4 is 5.32 Å². The first-order valence-electron chi connectivity index (χ1n) is 7.59. The summed E-state index contributed by atoms with van der Waals surface area (Å²) in [6, 6.07) is 1.41. The molecule has 0 unspecified atom stereocenters. The summed E-state index contributed by atoms with van der Waals surface area (Å²) < 4.78 is 18.9. The molecule has 0 aliphatic carbocycles. The zero-order chi connectivity index (χ0) is 18.3. The first-order valence-corrected chi connectivity index (χ1v) is 7.96. The van der Waals surface area contributed by atoms with Crippen LogP contribution in [0.25, 0.3) is 6.08 Å². The van der Waals surface area contributed by atoms with Crippen molar-refractivity contribution in [1.82, 2.24) is 10.3 Å². The summed E-state index contributed by atoms with van der Waals surface area (Å²) in [7, 11) is 0. The molecule has 1 heterocycles. The van der Waals surface area contributed by atoms with Crippen LogP contribution in [0.1, 0.15) is 39.7 Å². The van der Waals surface area contributed by atoms with Crippen molar-refractivity contribution in [3.8, 4) is 0 Å². The van der Waals surface area contributed by atoms with E-state index in [1.165, 1.54) is 24.4 Å². The second kappa shape index (κ2) is 8.78. The van der Waals surface area contributed by atoms with Gasteiger partial charge in [0.05, 0.1) is 5.92 Å². The van der Waals surface area contributed by atoms with Gasteiger partial charge in [-0.15, -0.1) is 0 Å². The fraction of sp³-hybridized carbons (Fsp3) is 0.471. The molecule has 7 heteroatoms. The van der Waals surface area contributed by atoms with Crippen LogP contribution in [0.15, 0.2) is 18.3 Å². The molecule has 0 saturated heterocycles. The molecule has 1 N–H and O–H groups in total. The van der Waals surface area contributed by atoms with Crippen molar-refractivity contribution in [2.24, 2.45) is 5.92 Å². The predicted molar refractivity (Wildman–Crippen MR) is 90.9 cm³/mol. The van der Waals surface area contributed by atoms with Gasteiger partial charge in [0.1, 0.15) is 5.60 Å². The zero-order valence-corrected chi connectivity index (χ0v) is 15.0. The smallest absolute Gasteiger partial charge is 0.309 e. The molecule has 0 saturated carbocycles. The number of hydrogen-bond acceptors (Lipinski definition) is 4. The first-order chi connectivity index (χ1) is 11.1. The summed E-state index contributed by atoms with van der Waals surface area (Å²) in [5, 5.41) is 2.38. The van der Waals surface area contributed by atoms with Crippen molar-refractivity contribution >= 4 is 29.6 Å². The molecule has 0 radical (unpaired) electrons. The summed E-state index contributed by atoms with van der Waals surface area (Å²) in [5.41, 5.74) is -0.361. The van der Waals surface area contributed by atoms with Crippen molar-refractivity contribution in [2.45, 2.75) is 39.7 Å². The van der Waals surface area contributed by atoms with Gasteiger partial charge in [-0.3, -0.25) is 9.59 Å². The Hall–Kier alpha value is -1.95. The lowest BCUT2D eigenvalue weighted by Gasteiger charge is -2.22. The number of aromatic nitrogens is 1. The molecular formula is C17H22ClFN2O3. The van der Waals surface area contributed by atoms with Gasteiger partial charge in [-0.2, -0.15) is 0 Å². The highest BCUT2D eigenvalue weighted by Gasteiger charge is 2.21. The Morgan fingerprint density at radius 3 is 2.75 bits per heavy atom. The second-order valence-electron chi connectivity index (χ2n) is 6.35. The fourth-order valence-electron chi connectivity index (χ4n) is 1.72. The Morgan fingerprint density at radius 1 is 1.46 bits per heavy atom. The highest BCUT2D eigenvalue weighted by Crippen LogP contribution is 2.16. The SMILES string of the molecule is C[C@@H](CCNC(=O)/C=C/c1ccnc(Cl)c1F)C(=O)OC(C)(C)C. The van der Waals surface area contributed by atoms with Crippen molar-refractivity contribution in [2.75, 3.05) is 6.54 Å². The number of halogens is 2. The van der Waals surface area contributed by atoms with Crippen molar-refractivity contribution in [3.05, 3.63) is 34.9 Å². The lowest BCUT2D eigenvalue weighted by molar-refractivity contribution is -0.159. The van der Waals surface area contributed by atoms with E-state index in [-0.39, 0.29) is 22.6 Å². The van der Waals surface area contributed by atoms with Crippen LogP contribution in [0.3, 0.4) is 0 Å². The maximum absolute atomic E-state index is 13.6. The molecule has 0 aliphatic heterocycles. The van der Waals surface area contributed by atoms with Gasteiger partial charge in [0, 0.05) is 24.4 Å². The lowest BCUT2D eigenvalue weighted by Crippen LogP contribution is -2.30. The summed E-state index contributed by atoms with van der Waals surface area (Å²) in [6.45, 7) is 7.45. The van der Waals surface area contributed by atoms with E-state index in [0.717, 1.165) is 0 Å². The maximum Gasteiger partial charge on any atom is 0.309 e. The van der Waals surface area contributed by atoms with E-state index in [2.05, 4.69) is 10.3 Å². The van der Waals surface area contributed by atoms with E-state index in [1.54, 1.807) is 27.7 Å². The molecule has 0 aromatic carbocycles. The van der Waals surface area contributed by atoms with Gasteiger partial charge in [0.25, 0.3) is 0 Å². The summed E-state index contributed by atoms with van der Waals surface area (Å²) in [6.07, 6.45) is 4.32. The topological polar surface area (TPSA) is 68.3 Å². The van der Waals surface area contributed by atoms with E-state index < -0.39 is 17.3 Å². The minimum atomic E-state index is -0.679. The van der Waals surface area contributed by atoms with Gasteiger partial charge in [-0.05, 0) is 39.3 Å². The molecule has 1 atom stereocenters. The Labute approximate surface area is 146 Å². The van der Waals surface area contributed by atoms with Crippen LogP contribution in [0.5, 0.6) is 0 Å². The standard InChI is InChI=1S/C17H22ClFN2O3/c1-11(16(23)24-17(2,3)4)7-9-20-13(22)6-5-12-8-10-21-15(18)14(12)19/h5-6,8,10-11H,7,9H2,1-4H3,(H,20,22)/b6-5+/t11-/m0/s1. The van der Waals surface area contributed by atoms with E-state index in [0.29, 0.717) is 13.0 Å². The van der Waals surface area contributed by atoms with Crippen LogP contribution in [0.4, 0.5) is 4.39 Å². The summed E-state index contributed by atoms with van der Waals surface area (Å²) >= 11 is 5.56. The molecular weight excluding hydrogens is 335 g/mol. The third-order valence-electron chi connectivity index (χ3n) is 2.98. The van der Waals surface area contributed by atoms with Gasteiger partial charge >= 0.3 is 5.97 Å². The van der Waals surface area contributed by atoms with Gasteiger partial charge in [-0.1, -0.05) is 18.5 Å². The molecule has 1 rings (SSSR count). The Balaban J connectivity index is 2.43. The lowest BCUT2D eigenvalue weighted by atomic mass is 10.1. The number of amides is 1. The highest BCUT2D eigenvalue weighted by atomic mass is 35.5. The molecule has 132 valence electrons. The van der Waals surface area contributed by atoms with Crippen LogP contribution in [0.2, 0.25) is 5.15 Å². The normalized spacial score (nSPS) is 12.9. The molecule has 0 aliphatic rings. The van der Waals surface area contributed by atoms with Gasteiger partial charge in [-0.25, -0.2) is 9.37 Å². The average molecular weight is 357 g/mol. The van der Waals surface area contributed by atoms with E-state index in [4.69, 9.17) is 16.3 Å². The number of nitrogens with one attached hydrogen (secondary N) is 1. The van der Waals surface area contributed by atoms with Crippen molar-refractivity contribution in [3.63, 3.8) is 0 Å². The molecule has 1 amide bonds. The predicted octanol–water partition coefficient (Wildman–Crippen LogP) is 3.37. The maximum atomic E-state index is 13.6. The first kappa shape index (κ1) is 20.1. The molecule has 24 heavy (non-hydrogen) atoms. The van der Waals surface area contributed by atoms with Gasteiger partial charge in [0.15, 0.2) is 11.0 Å². The molecule has 0 bridgehead atoms. The minimum absolute atomic E-state index is 0.173. The molecule has 1 aromatic rings. The Morgan fingerprint density at radius 2 is 2.12 bits per heavy atom. The van der Waals surface area contributed by atoms with Crippen molar-refractivity contribution in [1.29, 1.82) is 0 Å². The Bertz CT molecular complexity index is 627. The van der Waals surface area contributed by atoms with E-state index >= 15 is 0 Å². The van der Waals surface area contributed by atoms with Crippen LogP contribution >= 0.6 is 11.6 Å². The van der Waals surface area contributed by atoms with Crippen molar-refractivity contribution < 1.29 is 18.7 Å². The zero-order valence-electron chi connectivity index (χ0n) is 14.2. The highest BCUT2D eigenvalue weighted by molar-refractivity contribution is 6.29. The van der Waals surface area contributed by atoms with Crippen LogP contribution in [-0.2, 0) is 14.3 Å². The largest absolute Gasteiger partial charge is 0.460 e. The number of esters is 1. The molecule has 0 fully saturated rings. The quantitative estimate of drug-likeness (QED) is 0.482. The fourth-order valence-corrected chi connectivity index (χ4v) is 1.88. The van der Waals surface area contributed by atoms with Crippen LogP contribution in [0, 0.1) is 11.7 Å². The number of hydrogen-bond donors (Lipinski definition) is 1. The van der Waals surface area contributed by atoms with Gasteiger partial charge < -0.3 is 10.1 Å². The molecule has 5 nitrogen and oxygen atoms in total. The molecule has 1 aromatic heterocycles. The van der Waals surface area contributed by atoms with Crippen LogP contribution in [-0.4, -0.2) is 29.0 Å². The van der Waals surface area contributed by atoms with E-state index in [1.807, 2.05) is 0 Å². The number of ether oxygens (including phenoxy) is 1. The second-order valence-corrected chi connectivity index (χ2v) is 6.71. The number of nitrogens with zero attached hydrogens (tertiary/aromatic N) is 1. The number of carbonyl (C=O) groups excluding carboxylic acids is 2. The third kappa shape index (κ3) is 7.08. The number of pyridine rings is 1. The number of rotatable bonds is 6. The molecule has 0 spiro atoms. The number of carbonyl (C=O) groups is 2. The minimum Gasteiger partial charge on any atom is -0.460 e. The van der Waals surface area contributed by atoms with Gasteiger partial charge in [0.2, 0.25) is 5.91 Å². The monoisotopic (exact) mass is 356 g/mol. The van der Waals surface area contributed by atoms with E-state index in [9.17, 15) is 14.0 Å².